The van der Waals surface area contributed by atoms with Crippen LogP contribution in [0.4, 0.5) is 0 Å². The van der Waals surface area contributed by atoms with Crippen molar-refractivity contribution >= 4 is 5.91 Å². The molecule has 0 spiro atoms. The lowest BCUT2D eigenvalue weighted by Crippen LogP contribution is -2.32. The number of furan rings is 1. The first-order valence-corrected chi connectivity index (χ1v) is 7.63. The minimum Gasteiger partial charge on any atom is -0.463 e. The van der Waals surface area contributed by atoms with E-state index in [0.717, 1.165) is 16.8 Å². The lowest BCUT2D eigenvalue weighted by Gasteiger charge is -2.25. The van der Waals surface area contributed by atoms with E-state index in [1.54, 1.807) is 36.7 Å². The van der Waals surface area contributed by atoms with Crippen molar-refractivity contribution in [3.63, 3.8) is 0 Å². The standard InChI is InChI=1S/C17H16N4O3/c1-23-9-7-21-16(11-4-2-6-18-10-11)13-14(12-5-3-8-24-12)19-20-15(13)17(21)22/h2-6,8,10,16H,7,9H2,1H3,(H,19,20)/t16-/m0/s1. The Morgan fingerprint density at radius 2 is 2.29 bits per heavy atom. The van der Waals surface area contributed by atoms with Crippen LogP contribution in [0.3, 0.4) is 0 Å². The number of hydrogen-bond acceptors (Lipinski definition) is 5. The first-order chi connectivity index (χ1) is 11.8. The highest BCUT2D eigenvalue weighted by Crippen LogP contribution is 2.42. The van der Waals surface area contributed by atoms with Crippen LogP contribution in [0.25, 0.3) is 11.5 Å². The highest BCUT2D eigenvalue weighted by atomic mass is 16.5. The van der Waals surface area contributed by atoms with Gasteiger partial charge in [-0.05, 0) is 23.8 Å². The Balaban J connectivity index is 1.85. The Bertz CT molecular complexity index is 842. The number of methoxy groups -OCH3 is 1. The fourth-order valence-corrected chi connectivity index (χ4v) is 3.10. The zero-order chi connectivity index (χ0) is 16.5. The number of ether oxygens (including phenoxy) is 1. The van der Waals surface area contributed by atoms with Gasteiger partial charge in [0.2, 0.25) is 0 Å². The van der Waals surface area contributed by atoms with Crippen LogP contribution in [0.15, 0.2) is 47.3 Å². The van der Waals surface area contributed by atoms with E-state index in [1.807, 2.05) is 18.2 Å². The summed E-state index contributed by atoms with van der Waals surface area (Å²) in [6, 6.07) is 7.20. The Kier molecular flexibility index (Phi) is 3.62. The third-order valence-electron chi connectivity index (χ3n) is 4.16. The van der Waals surface area contributed by atoms with E-state index in [9.17, 15) is 4.79 Å². The van der Waals surface area contributed by atoms with E-state index in [1.165, 1.54) is 0 Å². The van der Waals surface area contributed by atoms with Gasteiger partial charge in [-0.15, -0.1) is 0 Å². The van der Waals surface area contributed by atoms with Crippen molar-refractivity contribution in [3.8, 4) is 11.5 Å². The van der Waals surface area contributed by atoms with Crippen LogP contribution in [0.5, 0.6) is 0 Å². The molecule has 0 aromatic carbocycles. The van der Waals surface area contributed by atoms with E-state index < -0.39 is 0 Å². The number of aromatic amines is 1. The second-order valence-electron chi connectivity index (χ2n) is 5.52. The van der Waals surface area contributed by atoms with Crippen molar-refractivity contribution in [1.29, 1.82) is 0 Å². The fraction of sp³-hybridized carbons (Fsp3) is 0.235. The second-order valence-corrected chi connectivity index (χ2v) is 5.52. The minimum absolute atomic E-state index is 0.120. The number of nitrogens with one attached hydrogen (secondary N) is 1. The molecule has 3 aromatic heterocycles. The Labute approximate surface area is 138 Å². The van der Waals surface area contributed by atoms with Gasteiger partial charge in [-0.25, -0.2) is 0 Å². The molecular weight excluding hydrogens is 308 g/mol. The molecule has 1 aliphatic rings. The quantitative estimate of drug-likeness (QED) is 0.778. The highest BCUT2D eigenvalue weighted by Gasteiger charge is 2.42. The smallest absolute Gasteiger partial charge is 0.275 e. The molecule has 7 heteroatoms. The van der Waals surface area contributed by atoms with Gasteiger partial charge in [0.15, 0.2) is 11.5 Å². The van der Waals surface area contributed by atoms with Gasteiger partial charge in [-0.1, -0.05) is 6.07 Å². The summed E-state index contributed by atoms with van der Waals surface area (Å²) in [4.78, 5) is 18.8. The first-order valence-electron chi connectivity index (χ1n) is 7.63. The summed E-state index contributed by atoms with van der Waals surface area (Å²) in [6.45, 7) is 0.926. The lowest BCUT2D eigenvalue weighted by atomic mass is 9.99. The van der Waals surface area contributed by atoms with Gasteiger partial charge < -0.3 is 14.1 Å². The third-order valence-corrected chi connectivity index (χ3v) is 4.16. The Morgan fingerprint density at radius 3 is 3.00 bits per heavy atom. The maximum atomic E-state index is 12.8. The topological polar surface area (TPSA) is 84.2 Å². The molecule has 3 aromatic rings. The maximum Gasteiger partial charge on any atom is 0.275 e. The van der Waals surface area contributed by atoms with Gasteiger partial charge in [-0.2, -0.15) is 5.10 Å². The van der Waals surface area contributed by atoms with Crippen molar-refractivity contribution < 1.29 is 13.9 Å². The normalized spacial score (nSPS) is 16.6. The molecule has 1 N–H and O–H groups in total. The first kappa shape index (κ1) is 14.6. The van der Waals surface area contributed by atoms with Crippen LogP contribution in [0.1, 0.15) is 27.7 Å². The highest BCUT2D eigenvalue weighted by molar-refractivity contribution is 5.99. The fourth-order valence-electron chi connectivity index (χ4n) is 3.10. The molecule has 0 bridgehead atoms. The van der Waals surface area contributed by atoms with Crippen LogP contribution in [0, 0.1) is 0 Å². The Hall–Kier alpha value is -2.93. The van der Waals surface area contributed by atoms with E-state index >= 15 is 0 Å². The number of pyridine rings is 1. The van der Waals surface area contributed by atoms with E-state index in [0.29, 0.717) is 24.6 Å². The summed E-state index contributed by atoms with van der Waals surface area (Å²) in [7, 11) is 1.62. The zero-order valence-electron chi connectivity index (χ0n) is 13.1. The molecule has 24 heavy (non-hydrogen) atoms. The van der Waals surface area contributed by atoms with Crippen LogP contribution in [-0.4, -0.2) is 46.2 Å². The van der Waals surface area contributed by atoms with E-state index in [4.69, 9.17) is 9.15 Å². The van der Waals surface area contributed by atoms with Gasteiger partial charge in [0, 0.05) is 31.6 Å². The van der Waals surface area contributed by atoms with Crippen molar-refractivity contribution in [2.45, 2.75) is 6.04 Å². The lowest BCUT2D eigenvalue weighted by molar-refractivity contribution is 0.0677. The molecule has 0 saturated carbocycles. The van der Waals surface area contributed by atoms with Gasteiger partial charge >= 0.3 is 0 Å². The van der Waals surface area contributed by atoms with E-state index in [2.05, 4.69) is 15.2 Å². The molecule has 0 radical (unpaired) electrons. The molecule has 122 valence electrons. The summed E-state index contributed by atoms with van der Waals surface area (Å²) in [6.07, 6.45) is 5.08. The van der Waals surface area contributed by atoms with Crippen molar-refractivity contribution in [3.05, 3.63) is 59.7 Å². The van der Waals surface area contributed by atoms with Gasteiger partial charge in [0.05, 0.1) is 18.9 Å². The molecule has 7 nitrogen and oxygen atoms in total. The van der Waals surface area contributed by atoms with Gasteiger partial charge in [0.1, 0.15) is 5.69 Å². The molecule has 1 amide bonds. The molecule has 4 rings (SSSR count). The minimum atomic E-state index is -0.268. The molecule has 1 aliphatic heterocycles. The van der Waals surface area contributed by atoms with E-state index in [-0.39, 0.29) is 11.9 Å². The van der Waals surface area contributed by atoms with Crippen LogP contribution in [0.2, 0.25) is 0 Å². The average Bonchev–Trinajstić information content (AvgIpc) is 3.32. The predicted molar refractivity (Wildman–Crippen MR) is 85.3 cm³/mol. The summed E-state index contributed by atoms with van der Waals surface area (Å²) in [5.74, 6) is 0.531. The number of H-pyrrole nitrogens is 1. The third kappa shape index (κ3) is 2.21. The van der Waals surface area contributed by atoms with Crippen molar-refractivity contribution in [2.75, 3.05) is 20.3 Å². The van der Waals surface area contributed by atoms with Crippen molar-refractivity contribution in [1.82, 2.24) is 20.1 Å². The molecule has 0 unspecified atom stereocenters. The molecule has 1 atom stereocenters. The molecule has 0 fully saturated rings. The van der Waals surface area contributed by atoms with Gasteiger partial charge in [-0.3, -0.25) is 14.9 Å². The van der Waals surface area contributed by atoms with Crippen molar-refractivity contribution in [2.24, 2.45) is 0 Å². The number of hydrogen-bond donors (Lipinski definition) is 1. The zero-order valence-corrected chi connectivity index (χ0v) is 13.1. The number of aromatic nitrogens is 3. The monoisotopic (exact) mass is 324 g/mol. The summed E-state index contributed by atoms with van der Waals surface area (Å²) < 4.78 is 10.7. The number of fused-ring (bicyclic) bond motifs is 1. The summed E-state index contributed by atoms with van der Waals surface area (Å²) in [5.41, 5.74) is 2.89. The summed E-state index contributed by atoms with van der Waals surface area (Å²) >= 11 is 0. The number of carbonyl (C=O) groups excluding carboxylic acids is 1. The number of amides is 1. The van der Waals surface area contributed by atoms with Gasteiger partial charge in [0.25, 0.3) is 5.91 Å². The largest absolute Gasteiger partial charge is 0.463 e. The molecule has 4 heterocycles. The van der Waals surface area contributed by atoms with Crippen LogP contribution < -0.4 is 0 Å². The average molecular weight is 324 g/mol. The SMILES string of the molecule is COCCN1C(=O)c2n[nH]c(-c3ccco3)c2[C@@H]1c1cccnc1. The number of nitrogens with zero attached hydrogens (tertiary/aromatic N) is 3. The van der Waals surface area contributed by atoms with Crippen LogP contribution >= 0.6 is 0 Å². The number of rotatable bonds is 5. The number of carbonyl (C=O) groups is 1. The molecular formula is C17H16N4O3. The maximum absolute atomic E-state index is 12.8. The van der Waals surface area contributed by atoms with Crippen LogP contribution in [-0.2, 0) is 4.74 Å². The summed E-state index contributed by atoms with van der Waals surface area (Å²) in [5, 5.41) is 7.17. The molecule has 0 aliphatic carbocycles. The second kappa shape index (κ2) is 5.93. The Morgan fingerprint density at radius 1 is 1.38 bits per heavy atom. The predicted octanol–water partition coefficient (Wildman–Crippen LogP) is 2.26. The molecule has 0 saturated heterocycles.